The van der Waals surface area contributed by atoms with Crippen molar-refractivity contribution in [3.05, 3.63) is 55.9 Å². The molecule has 0 radical (unpaired) electrons. The van der Waals surface area contributed by atoms with Crippen molar-refractivity contribution in [2.24, 2.45) is 0 Å². The first kappa shape index (κ1) is 18.9. The maximum absolute atomic E-state index is 13.1. The number of amides is 1. The van der Waals surface area contributed by atoms with E-state index in [9.17, 15) is 9.59 Å². The minimum atomic E-state index is -0.185. The van der Waals surface area contributed by atoms with Gasteiger partial charge in [-0.2, -0.15) is 5.10 Å². The summed E-state index contributed by atoms with van der Waals surface area (Å²) >= 11 is 3.24. The number of likely N-dealkylation sites (tertiary alicyclic amines) is 1. The van der Waals surface area contributed by atoms with Crippen molar-refractivity contribution >= 4 is 38.8 Å². The summed E-state index contributed by atoms with van der Waals surface area (Å²) in [6, 6.07) is 6.22. The second-order valence-corrected chi connectivity index (χ2v) is 10.2. The van der Waals surface area contributed by atoms with Crippen molar-refractivity contribution in [3.63, 3.8) is 0 Å². The van der Waals surface area contributed by atoms with E-state index in [2.05, 4.69) is 32.3 Å². The molecule has 0 saturated carbocycles. The van der Waals surface area contributed by atoms with Gasteiger partial charge in [0, 0.05) is 29.6 Å². The van der Waals surface area contributed by atoms with Crippen LogP contribution < -0.4 is 5.56 Å². The fourth-order valence-corrected chi connectivity index (χ4v) is 6.69. The largest absolute Gasteiger partial charge is 0.336 e. The van der Waals surface area contributed by atoms with Gasteiger partial charge >= 0.3 is 0 Å². The molecule has 9 heteroatoms. The normalized spacial score (nSPS) is 16.8. The predicted molar refractivity (Wildman–Crippen MR) is 122 cm³/mol. The molecule has 2 N–H and O–H groups in total. The van der Waals surface area contributed by atoms with Crippen LogP contribution in [0.4, 0.5) is 0 Å². The molecule has 1 saturated heterocycles. The number of piperidine rings is 1. The number of hydrogen-bond acceptors (Lipinski definition) is 6. The maximum Gasteiger partial charge on any atom is 0.289 e. The summed E-state index contributed by atoms with van der Waals surface area (Å²) in [6.07, 6.45) is 4.75. The lowest BCUT2D eigenvalue weighted by Gasteiger charge is -2.31. The van der Waals surface area contributed by atoms with Gasteiger partial charge in [0.15, 0.2) is 0 Å². The van der Waals surface area contributed by atoms with Crippen LogP contribution in [-0.2, 0) is 12.8 Å². The lowest BCUT2D eigenvalue weighted by molar-refractivity contribution is 0.0700. The third-order valence-electron chi connectivity index (χ3n) is 6.37. The minimum Gasteiger partial charge on any atom is -0.336 e. The average Bonchev–Trinajstić information content (AvgIpc) is 3.57. The summed E-state index contributed by atoms with van der Waals surface area (Å²) in [4.78, 5) is 37.9. The number of aromatic nitrogens is 4. The van der Waals surface area contributed by atoms with E-state index in [1.165, 1.54) is 4.88 Å². The fraction of sp³-hybridized carbons (Fsp3) is 0.364. The van der Waals surface area contributed by atoms with E-state index in [0.29, 0.717) is 29.2 Å². The number of rotatable bonds is 3. The van der Waals surface area contributed by atoms with Gasteiger partial charge in [-0.3, -0.25) is 14.7 Å². The molecule has 1 aliphatic heterocycles. The van der Waals surface area contributed by atoms with Gasteiger partial charge < -0.3 is 9.88 Å². The fourth-order valence-electron chi connectivity index (χ4n) is 4.74. The molecule has 1 fully saturated rings. The smallest absolute Gasteiger partial charge is 0.289 e. The molecule has 0 spiro atoms. The quantitative estimate of drug-likeness (QED) is 0.493. The Morgan fingerprint density at radius 2 is 2.10 bits per heavy atom. The second kappa shape index (κ2) is 7.42. The summed E-state index contributed by atoms with van der Waals surface area (Å²) in [7, 11) is 0. The molecule has 0 unspecified atom stereocenters. The highest BCUT2D eigenvalue weighted by Crippen LogP contribution is 2.35. The Bertz CT molecular complexity index is 1330. The molecule has 4 aromatic rings. The third kappa shape index (κ3) is 3.23. The van der Waals surface area contributed by atoms with Crippen LogP contribution in [0.15, 0.2) is 28.4 Å². The van der Waals surface area contributed by atoms with Crippen LogP contribution >= 0.6 is 22.7 Å². The number of hydrogen-bond donors (Lipinski definition) is 2. The molecule has 1 amide bonds. The standard InChI is InChI=1S/C22H21N5O2S2/c28-20-18-13-3-1-4-16(13)31-21(18)24-19(23-20)22(29)27-8-6-12(7-9-27)14-11-15(26-25-14)17-5-2-10-30-17/h2,5,10-12H,1,3-4,6-9H2,(H,25,26)(H,23,24,28). The first-order valence-electron chi connectivity index (χ1n) is 10.6. The topological polar surface area (TPSA) is 94.7 Å². The van der Waals surface area contributed by atoms with Crippen molar-refractivity contribution in [3.8, 4) is 10.6 Å². The lowest BCUT2D eigenvalue weighted by Crippen LogP contribution is -2.39. The number of thiophene rings is 2. The van der Waals surface area contributed by atoms with Gasteiger partial charge in [-0.15, -0.1) is 22.7 Å². The van der Waals surface area contributed by atoms with Crippen molar-refractivity contribution < 1.29 is 4.79 Å². The number of nitrogens with one attached hydrogen (secondary N) is 2. The Morgan fingerprint density at radius 3 is 2.90 bits per heavy atom. The molecule has 31 heavy (non-hydrogen) atoms. The Kier molecular flexibility index (Phi) is 4.53. The van der Waals surface area contributed by atoms with Crippen LogP contribution in [0.3, 0.4) is 0 Å². The van der Waals surface area contributed by atoms with Gasteiger partial charge in [-0.1, -0.05) is 6.07 Å². The van der Waals surface area contributed by atoms with Crippen LogP contribution in [-0.4, -0.2) is 44.1 Å². The molecular formula is C22H21N5O2S2. The lowest BCUT2D eigenvalue weighted by atomic mass is 9.93. The number of nitrogens with zero attached hydrogens (tertiary/aromatic N) is 3. The summed E-state index contributed by atoms with van der Waals surface area (Å²) in [5, 5.41) is 10.4. The van der Waals surface area contributed by atoms with Gasteiger partial charge in [0.05, 0.1) is 10.3 Å². The molecule has 0 atom stereocenters. The molecule has 6 rings (SSSR count). The van der Waals surface area contributed by atoms with Gasteiger partial charge in [0.25, 0.3) is 11.5 Å². The van der Waals surface area contributed by atoms with Crippen LogP contribution in [0.1, 0.15) is 51.9 Å². The summed E-state index contributed by atoms with van der Waals surface area (Å²) in [5.41, 5.74) is 3.05. The number of aryl methyl sites for hydroxylation is 2. The predicted octanol–water partition coefficient (Wildman–Crippen LogP) is 3.94. The Labute approximate surface area is 186 Å². The van der Waals surface area contributed by atoms with Crippen LogP contribution in [0.2, 0.25) is 0 Å². The second-order valence-electron chi connectivity index (χ2n) is 8.20. The van der Waals surface area contributed by atoms with E-state index in [1.807, 2.05) is 11.4 Å². The molecule has 0 aromatic carbocycles. The highest BCUT2D eigenvalue weighted by atomic mass is 32.1. The Balaban J connectivity index is 1.18. The van der Waals surface area contributed by atoms with Gasteiger partial charge in [0.2, 0.25) is 5.82 Å². The molecule has 4 aromatic heterocycles. The first-order valence-corrected chi connectivity index (χ1v) is 12.3. The zero-order valence-corrected chi connectivity index (χ0v) is 18.4. The third-order valence-corrected chi connectivity index (χ3v) is 8.45. The van der Waals surface area contributed by atoms with Crippen LogP contribution in [0.5, 0.6) is 0 Å². The van der Waals surface area contributed by atoms with Crippen molar-refractivity contribution in [2.45, 2.75) is 38.0 Å². The van der Waals surface area contributed by atoms with Crippen molar-refractivity contribution in [1.29, 1.82) is 0 Å². The van der Waals surface area contributed by atoms with E-state index in [0.717, 1.165) is 53.9 Å². The van der Waals surface area contributed by atoms with Gasteiger partial charge in [0.1, 0.15) is 10.5 Å². The minimum absolute atomic E-state index is 0.164. The molecular weight excluding hydrogens is 430 g/mol. The van der Waals surface area contributed by atoms with Crippen molar-refractivity contribution in [2.75, 3.05) is 13.1 Å². The molecule has 2 aliphatic rings. The number of carbonyl (C=O) groups excluding carboxylic acids is 1. The summed E-state index contributed by atoms with van der Waals surface area (Å²) < 4.78 is 0. The van der Waals surface area contributed by atoms with E-state index in [4.69, 9.17) is 0 Å². The average molecular weight is 452 g/mol. The molecule has 158 valence electrons. The zero-order valence-electron chi connectivity index (χ0n) is 16.8. The number of carbonyl (C=O) groups is 1. The highest BCUT2D eigenvalue weighted by molar-refractivity contribution is 7.18. The maximum atomic E-state index is 13.1. The van der Waals surface area contributed by atoms with Gasteiger partial charge in [-0.05, 0) is 55.2 Å². The first-order chi connectivity index (χ1) is 15.2. The van der Waals surface area contributed by atoms with E-state index in [1.54, 1.807) is 27.6 Å². The molecule has 7 nitrogen and oxygen atoms in total. The Hall–Kier alpha value is -2.78. The SMILES string of the molecule is O=C(c1nc2sc3c(c2c(=O)[nH]1)CCC3)N1CCC(c2cc(-c3cccs3)n[nH]2)CC1. The number of fused-ring (bicyclic) bond motifs is 3. The van der Waals surface area contributed by atoms with E-state index < -0.39 is 0 Å². The highest BCUT2D eigenvalue weighted by Gasteiger charge is 2.28. The van der Waals surface area contributed by atoms with Crippen LogP contribution in [0, 0.1) is 0 Å². The van der Waals surface area contributed by atoms with Crippen LogP contribution in [0.25, 0.3) is 20.8 Å². The van der Waals surface area contributed by atoms with Gasteiger partial charge in [-0.25, -0.2) is 4.98 Å². The molecule has 1 aliphatic carbocycles. The number of H-pyrrole nitrogens is 2. The molecule has 0 bridgehead atoms. The molecule has 5 heterocycles. The monoisotopic (exact) mass is 451 g/mol. The summed E-state index contributed by atoms with van der Waals surface area (Å²) in [5.74, 6) is 0.326. The number of aromatic amines is 2. The zero-order chi connectivity index (χ0) is 20.9. The van der Waals surface area contributed by atoms with E-state index >= 15 is 0 Å². The van der Waals surface area contributed by atoms with Crippen molar-refractivity contribution in [1.82, 2.24) is 25.1 Å². The van der Waals surface area contributed by atoms with E-state index in [-0.39, 0.29) is 17.3 Å². The Morgan fingerprint density at radius 1 is 1.23 bits per heavy atom. The summed E-state index contributed by atoms with van der Waals surface area (Å²) in [6.45, 7) is 1.28.